The topological polar surface area (TPSA) is 18.5 Å². The molecule has 0 radical (unpaired) electrons. The SMILES string of the molecule is CC=COP(=S)(OC)SC. The molecule has 0 bridgehead atoms. The summed E-state index contributed by atoms with van der Waals surface area (Å²) in [5.74, 6) is 0. The third-order valence-corrected chi connectivity index (χ3v) is 6.14. The lowest BCUT2D eigenvalue weighted by molar-refractivity contribution is 0.383. The first-order valence-corrected chi connectivity index (χ1v) is 7.16. The molecule has 0 amide bonds. The summed E-state index contributed by atoms with van der Waals surface area (Å²) in [5.41, 5.74) is -2.03. The molecule has 0 heterocycles. The fourth-order valence-corrected chi connectivity index (χ4v) is 1.89. The molecular formula is C5H11O2PS2. The number of rotatable bonds is 4. The molecule has 10 heavy (non-hydrogen) atoms. The predicted molar refractivity (Wildman–Crippen MR) is 50.7 cm³/mol. The monoisotopic (exact) mass is 198 g/mol. The lowest BCUT2D eigenvalue weighted by Gasteiger charge is -2.14. The second-order valence-electron chi connectivity index (χ2n) is 1.39. The molecular weight excluding hydrogens is 187 g/mol. The molecule has 0 aromatic rings. The van der Waals surface area contributed by atoms with Gasteiger partial charge < -0.3 is 9.05 Å². The third-order valence-electron chi connectivity index (χ3n) is 0.773. The van der Waals surface area contributed by atoms with Crippen LogP contribution < -0.4 is 0 Å². The van der Waals surface area contributed by atoms with Crippen molar-refractivity contribution in [2.75, 3.05) is 13.4 Å². The van der Waals surface area contributed by atoms with E-state index in [0.29, 0.717) is 0 Å². The zero-order valence-electron chi connectivity index (χ0n) is 6.23. The largest absolute Gasteiger partial charge is 0.445 e. The van der Waals surface area contributed by atoms with Crippen molar-refractivity contribution in [3.63, 3.8) is 0 Å². The van der Waals surface area contributed by atoms with Crippen molar-refractivity contribution in [3.05, 3.63) is 12.3 Å². The molecule has 0 N–H and O–H groups in total. The number of allylic oxidation sites excluding steroid dienone is 1. The molecule has 1 unspecified atom stereocenters. The molecule has 0 rings (SSSR count). The van der Waals surface area contributed by atoms with Crippen LogP contribution in [0.4, 0.5) is 0 Å². The summed E-state index contributed by atoms with van der Waals surface area (Å²) in [4.78, 5) is 0. The van der Waals surface area contributed by atoms with Gasteiger partial charge in [-0.2, -0.15) is 0 Å². The normalized spacial score (nSPS) is 17.1. The van der Waals surface area contributed by atoms with Gasteiger partial charge in [0.1, 0.15) is 0 Å². The molecule has 0 aromatic carbocycles. The summed E-state index contributed by atoms with van der Waals surface area (Å²) in [7, 11) is 1.57. The van der Waals surface area contributed by atoms with Crippen LogP contribution in [0, 0.1) is 0 Å². The molecule has 0 saturated heterocycles. The van der Waals surface area contributed by atoms with Crippen LogP contribution in [0.3, 0.4) is 0 Å². The lowest BCUT2D eigenvalue weighted by atomic mass is 10.8. The van der Waals surface area contributed by atoms with E-state index in [4.69, 9.17) is 20.9 Å². The predicted octanol–water partition coefficient (Wildman–Crippen LogP) is 2.77. The van der Waals surface area contributed by atoms with Crippen molar-refractivity contribution >= 4 is 28.9 Å². The maximum atomic E-state index is 5.16. The van der Waals surface area contributed by atoms with Crippen LogP contribution >= 0.6 is 17.1 Å². The van der Waals surface area contributed by atoms with Gasteiger partial charge in [0.2, 0.25) is 0 Å². The summed E-state index contributed by atoms with van der Waals surface area (Å²) in [6.07, 6.45) is 5.24. The minimum atomic E-state index is -2.03. The smallest absolute Gasteiger partial charge is 0.296 e. The third kappa shape index (κ3) is 3.62. The van der Waals surface area contributed by atoms with Gasteiger partial charge in [-0.1, -0.05) is 17.5 Å². The Labute approximate surface area is 70.9 Å². The van der Waals surface area contributed by atoms with Crippen LogP contribution in [-0.2, 0) is 20.9 Å². The van der Waals surface area contributed by atoms with Crippen molar-refractivity contribution in [1.29, 1.82) is 0 Å². The van der Waals surface area contributed by atoms with Gasteiger partial charge in [-0.05, 0) is 25.0 Å². The molecule has 60 valence electrons. The van der Waals surface area contributed by atoms with Crippen LogP contribution in [0.5, 0.6) is 0 Å². The van der Waals surface area contributed by atoms with E-state index in [-0.39, 0.29) is 0 Å². The Balaban J connectivity index is 3.94. The van der Waals surface area contributed by atoms with E-state index in [1.165, 1.54) is 11.4 Å². The first kappa shape index (κ1) is 10.5. The molecule has 0 aliphatic carbocycles. The van der Waals surface area contributed by atoms with E-state index in [0.717, 1.165) is 0 Å². The quantitative estimate of drug-likeness (QED) is 0.510. The average Bonchev–Trinajstić information content (AvgIpc) is 2.00. The van der Waals surface area contributed by atoms with Crippen LogP contribution in [0.1, 0.15) is 6.92 Å². The second kappa shape index (κ2) is 5.19. The van der Waals surface area contributed by atoms with Crippen molar-refractivity contribution < 1.29 is 9.05 Å². The molecule has 0 aliphatic heterocycles. The molecule has 0 spiro atoms. The highest BCUT2D eigenvalue weighted by molar-refractivity contribution is 8.67. The van der Waals surface area contributed by atoms with Gasteiger partial charge in [0.25, 0.3) is 5.69 Å². The van der Waals surface area contributed by atoms with Crippen molar-refractivity contribution in [1.82, 2.24) is 0 Å². The Morgan fingerprint density at radius 2 is 2.20 bits per heavy atom. The van der Waals surface area contributed by atoms with Gasteiger partial charge in [-0.15, -0.1) is 0 Å². The Bertz CT molecular complexity index is 150. The lowest BCUT2D eigenvalue weighted by Crippen LogP contribution is -1.79. The summed E-state index contributed by atoms with van der Waals surface area (Å²) < 4.78 is 10.2. The van der Waals surface area contributed by atoms with Crippen LogP contribution in [0.25, 0.3) is 0 Å². The Morgan fingerprint density at radius 1 is 1.60 bits per heavy atom. The van der Waals surface area contributed by atoms with Gasteiger partial charge >= 0.3 is 0 Å². The second-order valence-corrected chi connectivity index (χ2v) is 7.90. The Hall–Kier alpha value is 0.500. The summed E-state index contributed by atoms with van der Waals surface area (Å²) >= 11 is 6.49. The highest BCUT2D eigenvalue weighted by Crippen LogP contribution is 2.59. The van der Waals surface area contributed by atoms with Gasteiger partial charge in [0.05, 0.1) is 6.26 Å². The maximum absolute atomic E-state index is 5.16. The molecule has 0 aliphatic rings. The van der Waals surface area contributed by atoms with E-state index < -0.39 is 5.69 Å². The first-order valence-electron chi connectivity index (χ1n) is 2.69. The first-order chi connectivity index (χ1) is 4.68. The van der Waals surface area contributed by atoms with E-state index in [2.05, 4.69) is 0 Å². The van der Waals surface area contributed by atoms with Gasteiger partial charge in [0, 0.05) is 7.11 Å². The van der Waals surface area contributed by atoms with Gasteiger partial charge in [-0.25, -0.2) is 0 Å². The molecule has 1 atom stereocenters. The molecule has 5 heteroatoms. The minimum Gasteiger partial charge on any atom is -0.445 e. The highest BCUT2D eigenvalue weighted by atomic mass is 32.9. The summed E-state index contributed by atoms with van der Waals surface area (Å²) in [5, 5.41) is 0. The standard InChI is InChI=1S/C5H11O2PS2/c1-4-5-7-8(9,6-2)10-3/h4-5H,1-3H3. The van der Waals surface area contributed by atoms with Crippen molar-refractivity contribution in [3.8, 4) is 0 Å². The number of hydrogen-bond donors (Lipinski definition) is 0. The molecule has 0 aromatic heterocycles. The fraction of sp³-hybridized carbons (Fsp3) is 0.600. The van der Waals surface area contributed by atoms with Crippen LogP contribution in [-0.4, -0.2) is 13.4 Å². The number of hydrogen-bond acceptors (Lipinski definition) is 4. The molecule has 0 saturated carbocycles. The minimum absolute atomic E-state index is 1.44. The Morgan fingerprint density at radius 3 is 2.50 bits per heavy atom. The summed E-state index contributed by atoms with van der Waals surface area (Å²) in [6, 6.07) is 0. The zero-order chi connectivity index (χ0) is 8.04. The van der Waals surface area contributed by atoms with Crippen LogP contribution in [0.2, 0.25) is 0 Å². The summed E-state index contributed by atoms with van der Waals surface area (Å²) in [6.45, 7) is 1.87. The van der Waals surface area contributed by atoms with Crippen LogP contribution in [0.15, 0.2) is 12.3 Å². The van der Waals surface area contributed by atoms with Crippen molar-refractivity contribution in [2.45, 2.75) is 6.92 Å². The van der Waals surface area contributed by atoms with E-state index in [1.54, 1.807) is 19.4 Å². The van der Waals surface area contributed by atoms with E-state index in [1.807, 2.05) is 13.2 Å². The molecule has 2 nitrogen and oxygen atoms in total. The zero-order valence-corrected chi connectivity index (χ0v) is 8.76. The van der Waals surface area contributed by atoms with Gasteiger partial charge in [-0.3, -0.25) is 0 Å². The van der Waals surface area contributed by atoms with E-state index in [9.17, 15) is 0 Å². The van der Waals surface area contributed by atoms with E-state index >= 15 is 0 Å². The van der Waals surface area contributed by atoms with Gasteiger partial charge in [0.15, 0.2) is 0 Å². The highest BCUT2D eigenvalue weighted by Gasteiger charge is 2.13. The van der Waals surface area contributed by atoms with Crippen molar-refractivity contribution in [2.24, 2.45) is 0 Å². The maximum Gasteiger partial charge on any atom is 0.296 e. The molecule has 0 fully saturated rings. The average molecular weight is 198 g/mol. The Kier molecular flexibility index (Phi) is 5.45. The fourth-order valence-electron chi connectivity index (χ4n) is 0.296.